The molecule has 0 fully saturated rings. The van der Waals surface area contributed by atoms with E-state index < -0.39 is 0 Å². The van der Waals surface area contributed by atoms with E-state index in [1.165, 1.54) is 9.90 Å². The van der Waals surface area contributed by atoms with Crippen molar-refractivity contribution in [2.75, 3.05) is 0 Å². The van der Waals surface area contributed by atoms with Crippen molar-refractivity contribution in [2.45, 2.75) is 13.0 Å². The first-order valence-corrected chi connectivity index (χ1v) is 6.86. The van der Waals surface area contributed by atoms with Gasteiger partial charge in [-0.2, -0.15) is 4.98 Å². The number of aryl methyl sites for hydroxylation is 2. The smallest absolute Gasteiger partial charge is 0.228 e. The Hall–Kier alpha value is -1.22. The lowest BCUT2D eigenvalue weighted by atomic mass is 10.3. The Morgan fingerprint density at radius 1 is 1.44 bits per heavy atom. The number of halogens is 1. The average molecular weight is 372 g/mol. The predicted molar refractivity (Wildman–Crippen MR) is 77.8 cm³/mol. The highest BCUT2D eigenvalue weighted by atomic mass is 127. The average Bonchev–Trinajstić information content (AvgIpc) is 2.93. The fraction of sp³-hybridized carbons (Fsp3) is 0.182. The summed E-state index contributed by atoms with van der Waals surface area (Å²) in [5.74, 6) is 0.622. The van der Waals surface area contributed by atoms with E-state index in [1.807, 2.05) is 4.57 Å². The van der Waals surface area contributed by atoms with E-state index >= 15 is 0 Å². The highest BCUT2D eigenvalue weighted by molar-refractivity contribution is 14.1. The first-order chi connectivity index (χ1) is 8.74. The zero-order chi connectivity index (χ0) is 12.5. The minimum atomic E-state index is 0.622. The molecule has 0 aliphatic heterocycles. The van der Waals surface area contributed by atoms with Gasteiger partial charge in [-0.15, -0.1) is 0 Å². The summed E-state index contributed by atoms with van der Waals surface area (Å²) in [7, 11) is 0. The van der Waals surface area contributed by atoms with Crippen LogP contribution in [-0.2, 0) is 13.0 Å². The van der Waals surface area contributed by atoms with Gasteiger partial charge >= 0.3 is 0 Å². The summed E-state index contributed by atoms with van der Waals surface area (Å²) in [5.41, 5.74) is 2.15. The van der Waals surface area contributed by atoms with E-state index in [4.69, 9.17) is 16.7 Å². The van der Waals surface area contributed by atoms with E-state index in [9.17, 15) is 0 Å². The van der Waals surface area contributed by atoms with Crippen LogP contribution in [0.1, 0.15) is 5.89 Å². The number of imidazole rings is 1. The zero-order valence-electron chi connectivity index (χ0n) is 9.26. The zero-order valence-corrected chi connectivity index (χ0v) is 12.2. The lowest BCUT2D eigenvalue weighted by Gasteiger charge is -2.01. The van der Waals surface area contributed by atoms with Gasteiger partial charge in [0.2, 0.25) is 5.89 Å². The second-order valence-electron chi connectivity index (χ2n) is 3.83. The van der Waals surface area contributed by atoms with Crippen molar-refractivity contribution in [1.82, 2.24) is 19.7 Å². The maximum atomic E-state index is 5.33. The van der Waals surface area contributed by atoms with Gasteiger partial charge in [0.1, 0.15) is 0 Å². The van der Waals surface area contributed by atoms with Crippen molar-refractivity contribution in [3.63, 3.8) is 0 Å². The molecule has 0 unspecified atom stereocenters. The van der Waals surface area contributed by atoms with E-state index in [-0.39, 0.29) is 0 Å². The molecular weight excluding hydrogens is 363 g/mol. The molecule has 0 saturated carbocycles. The number of aromatic amines is 1. The lowest BCUT2D eigenvalue weighted by Crippen LogP contribution is -2.01. The number of nitrogens with one attached hydrogen (secondary N) is 1. The number of hydrogen-bond acceptors (Lipinski definition) is 4. The standard InChI is InChI=1S/C11H9IN4OS/c12-7-1-2-9-8(5-7)15-11(18)16(9)4-3-10-13-6-14-17-10/h1-2,5-6H,3-4H2,(H,15,18). The summed E-state index contributed by atoms with van der Waals surface area (Å²) in [6.07, 6.45) is 2.08. The molecule has 5 nitrogen and oxygen atoms in total. The van der Waals surface area contributed by atoms with Gasteiger partial charge in [0.25, 0.3) is 0 Å². The Labute approximate surface area is 121 Å². The topological polar surface area (TPSA) is 59.6 Å². The van der Waals surface area contributed by atoms with Gasteiger partial charge in [-0.3, -0.25) is 0 Å². The van der Waals surface area contributed by atoms with E-state index in [2.05, 4.69) is 55.9 Å². The summed E-state index contributed by atoms with van der Waals surface area (Å²) >= 11 is 7.61. The molecule has 0 aliphatic carbocycles. The van der Waals surface area contributed by atoms with Crippen molar-refractivity contribution in [3.8, 4) is 0 Å². The predicted octanol–water partition coefficient (Wildman–Crippen LogP) is 2.93. The number of nitrogens with zero attached hydrogens (tertiary/aromatic N) is 3. The molecule has 0 saturated heterocycles. The third-order valence-electron chi connectivity index (χ3n) is 2.69. The first kappa shape index (κ1) is 11.8. The highest BCUT2D eigenvalue weighted by Gasteiger charge is 2.06. The summed E-state index contributed by atoms with van der Waals surface area (Å²) in [6, 6.07) is 6.21. The van der Waals surface area contributed by atoms with Crippen LogP contribution in [0, 0.1) is 8.34 Å². The van der Waals surface area contributed by atoms with Crippen LogP contribution in [0.5, 0.6) is 0 Å². The van der Waals surface area contributed by atoms with Crippen molar-refractivity contribution < 1.29 is 4.52 Å². The van der Waals surface area contributed by atoms with Gasteiger partial charge < -0.3 is 14.1 Å². The van der Waals surface area contributed by atoms with Crippen LogP contribution in [0.3, 0.4) is 0 Å². The summed E-state index contributed by atoms with van der Waals surface area (Å²) < 4.78 is 8.92. The minimum absolute atomic E-state index is 0.622. The molecule has 0 spiro atoms. The molecule has 0 radical (unpaired) electrons. The molecule has 0 atom stereocenters. The molecule has 7 heteroatoms. The van der Waals surface area contributed by atoms with Crippen LogP contribution in [0.2, 0.25) is 0 Å². The third-order valence-corrected chi connectivity index (χ3v) is 3.69. The molecule has 0 aliphatic rings. The number of H-pyrrole nitrogens is 1. The highest BCUT2D eigenvalue weighted by Crippen LogP contribution is 2.17. The SMILES string of the molecule is S=c1[nH]c2cc(I)ccc2n1CCc1ncno1. The quantitative estimate of drug-likeness (QED) is 0.568. The molecule has 0 amide bonds. The Bertz CT molecular complexity index is 731. The molecule has 18 heavy (non-hydrogen) atoms. The Kier molecular flexibility index (Phi) is 3.16. The molecule has 0 bridgehead atoms. The number of hydrogen-bond donors (Lipinski definition) is 1. The van der Waals surface area contributed by atoms with E-state index in [0.717, 1.165) is 17.6 Å². The summed E-state index contributed by atoms with van der Waals surface area (Å²) in [6.45, 7) is 0.724. The van der Waals surface area contributed by atoms with E-state index in [0.29, 0.717) is 17.1 Å². The molecule has 1 aromatic carbocycles. The van der Waals surface area contributed by atoms with Crippen LogP contribution in [-0.4, -0.2) is 19.7 Å². The fourth-order valence-electron chi connectivity index (χ4n) is 1.87. The van der Waals surface area contributed by atoms with Crippen molar-refractivity contribution in [3.05, 3.63) is 38.8 Å². The fourth-order valence-corrected chi connectivity index (χ4v) is 2.66. The molecular formula is C11H9IN4OS. The molecule has 2 aromatic heterocycles. The minimum Gasteiger partial charge on any atom is -0.340 e. The van der Waals surface area contributed by atoms with Crippen molar-refractivity contribution in [1.29, 1.82) is 0 Å². The first-order valence-electron chi connectivity index (χ1n) is 5.37. The van der Waals surface area contributed by atoms with Crippen molar-refractivity contribution in [2.24, 2.45) is 0 Å². The monoisotopic (exact) mass is 372 g/mol. The third kappa shape index (κ3) is 2.19. The second-order valence-corrected chi connectivity index (χ2v) is 5.46. The molecule has 1 N–H and O–H groups in total. The van der Waals surface area contributed by atoms with Gasteiger partial charge in [-0.1, -0.05) is 5.16 Å². The van der Waals surface area contributed by atoms with Gasteiger partial charge in [-0.05, 0) is 53.0 Å². The van der Waals surface area contributed by atoms with Crippen LogP contribution in [0.15, 0.2) is 29.0 Å². The lowest BCUT2D eigenvalue weighted by molar-refractivity contribution is 0.371. The van der Waals surface area contributed by atoms with Gasteiger partial charge in [0.05, 0.1) is 11.0 Å². The summed E-state index contributed by atoms with van der Waals surface area (Å²) in [5, 5.41) is 3.59. The number of aromatic nitrogens is 4. The molecule has 2 heterocycles. The maximum Gasteiger partial charge on any atom is 0.228 e. The van der Waals surface area contributed by atoms with Gasteiger partial charge in [0.15, 0.2) is 11.1 Å². The number of benzene rings is 1. The Balaban J connectivity index is 1.96. The maximum absolute atomic E-state index is 5.33. The second kappa shape index (κ2) is 4.81. The van der Waals surface area contributed by atoms with Gasteiger partial charge in [0, 0.05) is 16.5 Å². The van der Waals surface area contributed by atoms with E-state index in [1.54, 1.807) is 0 Å². The van der Waals surface area contributed by atoms with Crippen LogP contribution in [0.4, 0.5) is 0 Å². The van der Waals surface area contributed by atoms with Crippen molar-refractivity contribution >= 4 is 45.8 Å². The van der Waals surface area contributed by atoms with Crippen LogP contribution >= 0.6 is 34.8 Å². The van der Waals surface area contributed by atoms with Crippen LogP contribution < -0.4 is 0 Å². The molecule has 92 valence electrons. The van der Waals surface area contributed by atoms with Crippen LogP contribution in [0.25, 0.3) is 11.0 Å². The molecule has 3 aromatic rings. The Morgan fingerprint density at radius 2 is 2.33 bits per heavy atom. The molecule has 3 rings (SSSR count). The normalized spacial score (nSPS) is 11.2. The largest absolute Gasteiger partial charge is 0.340 e. The Morgan fingerprint density at radius 3 is 3.11 bits per heavy atom. The summed E-state index contributed by atoms with van der Waals surface area (Å²) in [4.78, 5) is 7.21. The number of fused-ring (bicyclic) bond motifs is 1. The number of rotatable bonds is 3. The van der Waals surface area contributed by atoms with Gasteiger partial charge in [-0.25, -0.2) is 0 Å².